The van der Waals surface area contributed by atoms with E-state index in [4.69, 9.17) is 4.74 Å². The van der Waals surface area contributed by atoms with E-state index in [9.17, 15) is 14.4 Å². The summed E-state index contributed by atoms with van der Waals surface area (Å²) >= 11 is 0. The van der Waals surface area contributed by atoms with E-state index < -0.39 is 5.54 Å². The highest BCUT2D eigenvalue weighted by Crippen LogP contribution is 2.47. The molecule has 1 aromatic heterocycles. The third kappa shape index (κ3) is 5.46. The molecule has 0 atom stereocenters. The summed E-state index contributed by atoms with van der Waals surface area (Å²) in [4.78, 5) is 40.5. The molecule has 2 aromatic carbocycles. The van der Waals surface area contributed by atoms with Gasteiger partial charge in [-0.25, -0.2) is 0 Å². The molecule has 1 saturated carbocycles. The molecule has 3 heterocycles. The number of rotatable bonds is 6. The van der Waals surface area contributed by atoms with Crippen LogP contribution in [-0.2, 0) is 16.1 Å². The third-order valence-electron chi connectivity index (χ3n) is 9.53. The molecule has 0 radical (unpaired) electrons. The SMILES string of the molecule is CC(=O)CC1CCN(C(=O)C(C)(C)NC(=O)c2ccc3c(C4CCCCC4)c4n(c3c2)CCOc2ccccc2-4)CC1. The van der Waals surface area contributed by atoms with Crippen LogP contribution in [0.15, 0.2) is 42.5 Å². The van der Waals surface area contributed by atoms with Gasteiger partial charge in [0.15, 0.2) is 0 Å². The molecule has 3 aliphatic rings. The number of piperidine rings is 1. The zero-order chi connectivity index (χ0) is 29.4. The van der Waals surface area contributed by atoms with Crippen LogP contribution in [0.2, 0.25) is 0 Å². The number of hydrogen-bond donors (Lipinski definition) is 1. The number of amides is 2. The highest BCUT2D eigenvalue weighted by Gasteiger charge is 2.36. The maximum atomic E-state index is 13.7. The summed E-state index contributed by atoms with van der Waals surface area (Å²) in [6.07, 6.45) is 8.36. The van der Waals surface area contributed by atoms with Crippen LogP contribution in [0, 0.1) is 5.92 Å². The predicted molar refractivity (Wildman–Crippen MR) is 165 cm³/mol. The highest BCUT2D eigenvalue weighted by atomic mass is 16.5. The van der Waals surface area contributed by atoms with Crippen LogP contribution >= 0.6 is 0 Å². The number of Topliss-reactive ketones (excluding diaryl/α,β-unsaturated/α-hetero) is 1. The highest BCUT2D eigenvalue weighted by molar-refractivity contribution is 6.03. The van der Waals surface area contributed by atoms with Crippen molar-refractivity contribution in [2.24, 2.45) is 5.92 Å². The van der Waals surface area contributed by atoms with Gasteiger partial charge in [0.05, 0.1) is 12.2 Å². The molecular formula is C35H43N3O4. The Morgan fingerprint density at radius 3 is 2.43 bits per heavy atom. The Kier molecular flexibility index (Phi) is 7.86. The van der Waals surface area contributed by atoms with Crippen molar-refractivity contribution in [2.45, 2.75) is 90.1 Å². The number of nitrogens with zero attached hydrogens (tertiary/aromatic N) is 2. The molecule has 222 valence electrons. The molecule has 3 aromatic rings. The maximum Gasteiger partial charge on any atom is 0.252 e. The number of benzene rings is 2. The zero-order valence-electron chi connectivity index (χ0n) is 25.2. The molecule has 6 rings (SSSR count). The number of nitrogens with one attached hydrogen (secondary N) is 1. The lowest BCUT2D eigenvalue weighted by atomic mass is 9.81. The van der Waals surface area contributed by atoms with Crippen molar-refractivity contribution < 1.29 is 19.1 Å². The lowest BCUT2D eigenvalue weighted by Crippen LogP contribution is -2.57. The van der Waals surface area contributed by atoms with E-state index in [-0.39, 0.29) is 17.6 Å². The topological polar surface area (TPSA) is 80.6 Å². The Morgan fingerprint density at radius 2 is 1.69 bits per heavy atom. The van der Waals surface area contributed by atoms with Gasteiger partial charge in [0.25, 0.3) is 5.91 Å². The molecule has 1 N–H and O–H groups in total. The summed E-state index contributed by atoms with van der Waals surface area (Å²) in [5, 5.41) is 4.25. The molecule has 2 amide bonds. The second kappa shape index (κ2) is 11.6. The summed E-state index contributed by atoms with van der Waals surface area (Å²) in [6, 6.07) is 14.3. The summed E-state index contributed by atoms with van der Waals surface area (Å²) in [5.74, 6) is 1.61. The number of likely N-dealkylation sites (tertiary alicyclic amines) is 1. The summed E-state index contributed by atoms with van der Waals surface area (Å²) < 4.78 is 8.53. The molecule has 2 fully saturated rings. The van der Waals surface area contributed by atoms with Crippen molar-refractivity contribution in [3.8, 4) is 17.0 Å². The van der Waals surface area contributed by atoms with E-state index in [1.54, 1.807) is 20.8 Å². The predicted octanol–water partition coefficient (Wildman–Crippen LogP) is 6.47. The van der Waals surface area contributed by atoms with Crippen molar-refractivity contribution >= 4 is 28.5 Å². The van der Waals surface area contributed by atoms with Gasteiger partial charge in [0.2, 0.25) is 5.91 Å². The first-order valence-corrected chi connectivity index (χ1v) is 15.7. The van der Waals surface area contributed by atoms with Crippen LogP contribution in [0.5, 0.6) is 5.75 Å². The maximum absolute atomic E-state index is 13.7. The normalized spacial score (nSPS) is 18.1. The monoisotopic (exact) mass is 569 g/mol. The van der Waals surface area contributed by atoms with Crippen LogP contribution in [0.3, 0.4) is 0 Å². The molecule has 0 spiro atoms. The van der Waals surface area contributed by atoms with E-state index >= 15 is 0 Å². The van der Waals surface area contributed by atoms with E-state index in [1.807, 2.05) is 23.1 Å². The van der Waals surface area contributed by atoms with Gasteiger partial charge in [0, 0.05) is 41.5 Å². The molecule has 0 unspecified atom stereocenters. The van der Waals surface area contributed by atoms with Crippen LogP contribution in [0.4, 0.5) is 0 Å². The van der Waals surface area contributed by atoms with E-state index in [0.29, 0.717) is 50.1 Å². The van der Waals surface area contributed by atoms with Crippen molar-refractivity contribution in [3.63, 3.8) is 0 Å². The Morgan fingerprint density at radius 1 is 0.952 bits per heavy atom. The molecule has 7 nitrogen and oxygen atoms in total. The molecule has 1 saturated heterocycles. The van der Waals surface area contributed by atoms with Crippen molar-refractivity contribution in [3.05, 3.63) is 53.6 Å². The van der Waals surface area contributed by atoms with E-state index in [0.717, 1.165) is 29.7 Å². The summed E-state index contributed by atoms with van der Waals surface area (Å²) in [7, 11) is 0. The fraction of sp³-hybridized carbons (Fsp3) is 0.514. The van der Waals surface area contributed by atoms with E-state index in [1.165, 1.54) is 48.7 Å². The number of ether oxygens (including phenoxy) is 1. The number of fused-ring (bicyclic) bond motifs is 5. The van der Waals surface area contributed by atoms with Crippen LogP contribution in [-0.4, -0.2) is 52.3 Å². The van der Waals surface area contributed by atoms with E-state index in [2.05, 4.69) is 34.1 Å². The first-order valence-electron chi connectivity index (χ1n) is 15.7. The molecule has 1 aliphatic carbocycles. The first-order chi connectivity index (χ1) is 20.2. The van der Waals surface area contributed by atoms with Gasteiger partial charge < -0.3 is 24.3 Å². The molecule has 7 heteroatoms. The fourth-order valence-electron chi connectivity index (χ4n) is 7.43. The van der Waals surface area contributed by atoms with Gasteiger partial charge in [-0.3, -0.25) is 9.59 Å². The van der Waals surface area contributed by atoms with Gasteiger partial charge in [-0.2, -0.15) is 0 Å². The van der Waals surface area contributed by atoms with Gasteiger partial charge in [-0.05, 0) is 88.1 Å². The van der Waals surface area contributed by atoms with Crippen molar-refractivity contribution in [1.82, 2.24) is 14.8 Å². The number of aromatic nitrogens is 1. The summed E-state index contributed by atoms with van der Waals surface area (Å²) in [6.45, 7) is 7.71. The van der Waals surface area contributed by atoms with Gasteiger partial charge in [-0.15, -0.1) is 0 Å². The van der Waals surface area contributed by atoms with Gasteiger partial charge in [-0.1, -0.05) is 37.5 Å². The largest absolute Gasteiger partial charge is 0.491 e. The molecular weight excluding hydrogens is 526 g/mol. The fourth-order valence-corrected chi connectivity index (χ4v) is 7.43. The summed E-state index contributed by atoms with van der Waals surface area (Å²) in [5.41, 5.74) is 4.30. The Hall–Kier alpha value is -3.61. The quantitative estimate of drug-likeness (QED) is 0.369. The lowest BCUT2D eigenvalue weighted by Gasteiger charge is -2.37. The number of carbonyl (C=O) groups is 3. The van der Waals surface area contributed by atoms with Crippen LogP contribution in [0.25, 0.3) is 22.2 Å². The van der Waals surface area contributed by atoms with Gasteiger partial charge in [0.1, 0.15) is 23.7 Å². The van der Waals surface area contributed by atoms with Gasteiger partial charge >= 0.3 is 0 Å². The number of ketones is 1. The van der Waals surface area contributed by atoms with Crippen LogP contribution < -0.4 is 10.1 Å². The second-order valence-corrected chi connectivity index (χ2v) is 13.0. The van der Waals surface area contributed by atoms with Crippen molar-refractivity contribution in [2.75, 3.05) is 19.7 Å². The number of para-hydroxylation sites is 1. The zero-order valence-corrected chi connectivity index (χ0v) is 25.2. The number of carbonyl (C=O) groups excluding carboxylic acids is 3. The standard InChI is InChI=1S/C35H43N3O4/c1-23(39)21-24-15-17-37(18-16-24)34(41)35(2,3)36-33(40)26-13-14-27-29(22-26)38-19-20-42-30-12-8-7-11-28(30)32(38)31(27)25-9-5-4-6-10-25/h7-8,11-14,22,24-25H,4-6,9-10,15-21H2,1-3H3,(H,36,40). The van der Waals surface area contributed by atoms with Crippen molar-refractivity contribution in [1.29, 1.82) is 0 Å². The minimum absolute atomic E-state index is 0.0805. The Balaban J connectivity index is 1.29. The Labute approximate surface area is 248 Å². The molecule has 0 bridgehead atoms. The third-order valence-corrected chi connectivity index (χ3v) is 9.53. The lowest BCUT2D eigenvalue weighted by molar-refractivity contribution is -0.138. The second-order valence-electron chi connectivity index (χ2n) is 13.0. The number of hydrogen-bond acceptors (Lipinski definition) is 4. The smallest absolute Gasteiger partial charge is 0.252 e. The minimum Gasteiger partial charge on any atom is -0.491 e. The first kappa shape index (κ1) is 28.5. The minimum atomic E-state index is -1.05. The molecule has 42 heavy (non-hydrogen) atoms. The Bertz CT molecular complexity index is 1510. The van der Waals surface area contributed by atoms with Crippen LogP contribution in [0.1, 0.15) is 94.0 Å². The average molecular weight is 570 g/mol. The average Bonchev–Trinajstić information content (AvgIpc) is 3.18. The molecule has 2 aliphatic heterocycles.